The number of halogens is 1. The first-order valence-corrected chi connectivity index (χ1v) is 8.55. The second-order valence-corrected chi connectivity index (χ2v) is 7.14. The van der Waals surface area contributed by atoms with Crippen LogP contribution in [0.4, 0.5) is 0 Å². The molecule has 2 aromatic rings. The highest BCUT2D eigenvalue weighted by molar-refractivity contribution is 5.94. The maximum absolute atomic E-state index is 12.7. The van der Waals surface area contributed by atoms with Crippen molar-refractivity contribution >= 4 is 18.3 Å². The summed E-state index contributed by atoms with van der Waals surface area (Å²) in [5.41, 5.74) is 7.23. The molecule has 140 valence electrons. The number of amides is 1. The van der Waals surface area contributed by atoms with Crippen LogP contribution in [0.1, 0.15) is 42.7 Å². The molecular formula is C19H25ClN4O2. The molecule has 1 aliphatic rings. The van der Waals surface area contributed by atoms with E-state index >= 15 is 0 Å². The molecule has 1 fully saturated rings. The van der Waals surface area contributed by atoms with Gasteiger partial charge in [0, 0.05) is 31.3 Å². The van der Waals surface area contributed by atoms with E-state index in [0.29, 0.717) is 34.8 Å². The summed E-state index contributed by atoms with van der Waals surface area (Å²) in [4.78, 5) is 22.8. The summed E-state index contributed by atoms with van der Waals surface area (Å²) >= 11 is 0. The topological polar surface area (TPSA) is 81.3 Å². The van der Waals surface area contributed by atoms with E-state index in [-0.39, 0.29) is 18.3 Å². The van der Waals surface area contributed by atoms with E-state index < -0.39 is 0 Å². The summed E-state index contributed by atoms with van der Waals surface area (Å²) in [6.07, 6.45) is 3.47. The molecule has 0 bridgehead atoms. The number of nitrogens with zero attached hydrogens (tertiary/aromatic N) is 3. The second-order valence-electron chi connectivity index (χ2n) is 7.14. The molecule has 2 heterocycles. The van der Waals surface area contributed by atoms with Gasteiger partial charge in [0.25, 0.3) is 5.91 Å². The van der Waals surface area contributed by atoms with E-state index in [9.17, 15) is 4.79 Å². The van der Waals surface area contributed by atoms with E-state index in [1.807, 2.05) is 17.0 Å². The zero-order valence-corrected chi connectivity index (χ0v) is 16.0. The van der Waals surface area contributed by atoms with Crippen LogP contribution < -0.4 is 10.5 Å². The average molecular weight is 377 g/mol. The van der Waals surface area contributed by atoms with Gasteiger partial charge >= 0.3 is 0 Å². The van der Waals surface area contributed by atoms with E-state index in [4.69, 9.17) is 10.5 Å². The lowest BCUT2D eigenvalue weighted by Gasteiger charge is -2.37. The lowest BCUT2D eigenvalue weighted by Crippen LogP contribution is -2.41. The molecule has 1 aromatic heterocycles. The van der Waals surface area contributed by atoms with Gasteiger partial charge in [0.1, 0.15) is 12.1 Å². The number of hydrogen-bond donors (Lipinski definition) is 1. The highest BCUT2D eigenvalue weighted by atomic mass is 35.5. The quantitative estimate of drug-likeness (QED) is 0.884. The third kappa shape index (κ3) is 4.93. The zero-order chi connectivity index (χ0) is 17.9. The standard InChI is InChI=1S/C19H24N4O2.ClH/c1-19(2)6-8-23(9-7-19)18(24)14-4-3-5-16(10-14)25-17-11-15(12-20)21-13-22-17;/h3-5,10-11,13H,6-9,12,20H2,1-2H3;1H. The van der Waals surface area contributed by atoms with Crippen molar-refractivity contribution in [3.8, 4) is 11.6 Å². The van der Waals surface area contributed by atoms with E-state index in [1.165, 1.54) is 6.33 Å². The number of likely N-dealkylation sites (tertiary alicyclic amines) is 1. The molecule has 1 saturated heterocycles. The zero-order valence-electron chi connectivity index (χ0n) is 15.1. The first kappa shape index (κ1) is 20.1. The normalized spacial score (nSPS) is 15.9. The van der Waals surface area contributed by atoms with E-state index in [1.54, 1.807) is 18.2 Å². The van der Waals surface area contributed by atoms with Crippen LogP contribution in [0.25, 0.3) is 0 Å². The van der Waals surface area contributed by atoms with Crippen molar-refractivity contribution in [2.24, 2.45) is 11.1 Å². The number of carbonyl (C=O) groups is 1. The smallest absolute Gasteiger partial charge is 0.253 e. The Bertz CT molecular complexity index is 757. The molecule has 1 aliphatic heterocycles. The van der Waals surface area contributed by atoms with Gasteiger partial charge in [-0.3, -0.25) is 4.79 Å². The third-order valence-electron chi connectivity index (χ3n) is 4.62. The van der Waals surface area contributed by atoms with Gasteiger partial charge in [0.2, 0.25) is 5.88 Å². The van der Waals surface area contributed by atoms with Crippen molar-refractivity contribution in [2.45, 2.75) is 33.2 Å². The lowest BCUT2D eigenvalue weighted by molar-refractivity contribution is 0.0630. The molecule has 26 heavy (non-hydrogen) atoms. The van der Waals surface area contributed by atoms with Crippen LogP contribution in [0.2, 0.25) is 0 Å². The van der Waals surface area contributed by atoms with Crippen LogP contribution in [-0.4, -0.2) is 33.9 Å². The fourth-order valence-corrected chi connectivity index (χ4v) is 2.86. The Morgan fingerprint density at radius 2 is 1.96 bits per heavy atom. The number of benzene rings is 1. The average Bonchev–Trinajstić information content (AvgIpc) is 2.61. The predicted molar refractivity (Wildman–Crippen MR) is 103 cm³/mol. The van der Waals surface area contributed by atoms with Crippen molar-refractivity contribution in [3.05, 3.63) is 47.9 Å². The molecule has 0 spiro atoms. The largest absolute Gasteiger partial charge is 0.439 e. The lowest BCUT2D eigenvalue weighted by atomic mass is 9.82. The van der Waals surface area contributed by atoms with Gasteiger partial charge in [-0.2, -0.15) is 0 Å². The van der Waals surface area contributed by atoms with Gasteiger partial charge in [0.05, 0.1) is 5.69 Å². The van der Waals surface area contributed by atoms with E-state index in [0.717, 1.165) is 25.9 Å². The van der Waals surface area contributed by atoms with Crippen LogP contribution in [0.5, 0.6) is 11.6 Å². The van der Waals surface area contributed by atoms with Crippen molar-refractivity contribution in [1.29, 1.82) is 0 Å². The minimum atomic E-state index is 0. The van der Waals surface area contributed by atoms with Gasteiger partial charge in [-0.1, -0.05) is 19.9 Å². The van der Waals surface area contributed by atoms with Gasteiger partial charge < -0.3 is 15.4 Å². The number of rotatable bonds is 4. The van der Waals surface area contributed by atoms with Crippen LogP contribution >= 0.6 is 12.4 Å². The molecule has 1 aromatic carbocycles. The molecule has 7 heteroatoms. The maximum atomic E-state index is 12.7. The SMILES string of the molecule is CC1(C)CCN(C(=O)c2cccc(Oc3cc(CN)ncn3)c2)CC1.Cl. The molecule has 1 amide bonds. The second kappa shape index (κ2) is 8.47. The minimum absolute atomic E-state index is 0. The maximum Gasteiger partial charge on any atom is 0.253 e. The Labute approximate surface area is 160 Å². The first-order chi connectivity index (χ1) is 12.0. The summed E-state index contributed by atoms with van der Waals surface area (Å²) in [7, 11) is 0. The van der Waals surface area contributed by atoms with Gasteiger partial charge in [-0.15, -0.1) is 12.4 Å². The Hall–Kier alpha value is -2.18. The molecule has 2 N–H and O–H groups in total. The van der Waals surface area contributed by atoms with E-state index in [2.05, 4.69) is 23.8 Å². The predicted octanol–water partition coefficient (Wildman–Crippen LogP) is 3.41. The minimum Gasteiger partial charge on any atom is -0.439 e. The highest BCUT2D eigenvalue weighted by Gasteiger charge is 2.28. The Morgan fingerprint density at radius 3 is 2.65 bits per heavy atom. The van der Waals surface area contributed by atoms with Crippen LogP contribution in [0.3, 0.4) is 0 Å². The molecule has 0 aliphatic carbocycles. The fourth-order valence-electron chi connectivity index (χ4n) is 2.86. The molecule has 0 saturated carbocycles. The first-order valence-electron chi connectivity index (χ1n) is 8.55. The van der Waals surface area contributed by atoms with Gasteiger partial charge in [-0.25, -0.2) is 9.97 Å². The summed E-state index contributed by atoms with van der Waals surface area (Å²) in [5, 5.41) is 0. The Kier molecular flexibility index (Phi) is 6.56. The number of nitrogens with two attached hydrogens (primary N) is 1. The van der Waals surface area contributed by atoms with Crippen LogP contribution in [0.15, 0.2) is 36.7 Å². The van der Waals surface area contributed by atoms with Crippen molar-refractivity contribution < 1.29 is 9.53 Å². The van der Waals surface area contributed by atoms with Crippen molar-refractivity contribution in [2.75, 3.05) is 13.1 Å². The number of piperidine rings is 1. The molecule has 3 rings (SSSR count). The van der Waals surface area contributed by atoms with Crippen LogP contribution in [0, 0.1) is 5.41 Å². The van der Waals surface area contributed by atoms with Crippen LogP contribution in [-0.2, 0) is 6.54 Å². The molecular weight excluding hydrogens is 352 g/mol. The number of hydrogen-bond acceptors (Lipinski definition) is 5. The Morgan fingerprint density at radius 1 is 1.23 bits per heavy atom. The number of aromatic nitrogens is 2. The fraction of sp³-hybridized carbons (Fsp3) is 0.421. The number of ether oxygens (including phenoxy) is 1. The number of carbonyl (C=O) groups excluding carboxylic acids is 1. The monoisotopic (exact) mass is 376 g/mol. The molecule has 0 atom stereocenters. The van der Waals surface area contributed by atoms with Gasteiger partial charge in [-0.05, 0) is 36.5 Å². The molecule has 6 nitrogen and oxygen atoms in total. The summed E-state index contributed by atoms with van der Waals surface area (Å²) < 4.78 is 5.75. The summed E-state index contributed by atoms with van der Waals surface area (Å²) in [6.45, 7) is 6.41. The highest BCUT2D eigenvalue weighted by Crippen LogP contribution is 2.30. The van der Waals surface area contributed by atoms with Crippen molar-refractivity contribution in [1.82, 2.24) is 14.9 Å². The Balaban J connectivity index is 0.00000243. The molecule has 0 unspecified atom stereocenters. The summed E-state index contributed by atoms with van der Waals surface area (Å²) in [6, 6.07) is 8.90. The van der Waals surface area contributed by atoms with Gasteiger partial charge in [0.15, 0.2) is 0 Å². The van der Waals surface area contributed by atoms with Crippen molar-refractivity contribution in [3.63, 3.8) is 0 Å². The molecule has 0 radical (unpaired) electrons. The third-order valence-corrected chi connectivity index (χ3v) is 4.62. The summed E-state index contributed by atoms with van der Waals surface area (Å²) in [5.74, 6) is 1.04.